The molecule has 0 aliphatic carbocycles. The van der Waals surface area contributed by atoms with Gasteiger partial charge in [-0.15, -0.1) is 0 Å². The van der Waals surface area contributed by atoms with Crippen molar-refractivity contribution in [1.29, 1.82) is 0 Å². The smallest absolute Gasteiger partial charge is 0.305 e. The Hall–Kier alpha value is -2.18. The van der Waals surface area contributed by atoms with E-state index in [9.17, 15) is 19.8 Å². The number of carbonyl (C=O) groups is 2. The summed E-state index contributed by atoms with van der Waals surface area (Å²) in [5.41, 5.74) is 0. The minimum Gasteiger partial charge on any atom is -0.466 e. The molecule has 6 heteroatoms. The fraction of sp³-hybridized carbons (Fsp3) is 0.882. The van der Waals surface area contributed by atoms with Crippen LogP contribution in [-0.4, -0.2) is 47.4 Å². The molecule has 6 nitrogen and oxygen atoms in total. The van der Waals surface area contributed by atoms with Gasteiger partial charge in [-0.25, -0.2) is 0 Å². The molecule has 0 aromatic carbocycles. The molecule has 0 aromatic heterocycles. The minimum atomic E-state index is -0.846. The van der Waals surface area contributed by atoms with Crippen molar-refractivity contribution >= 4 is 11.9 Å². The zero-order valence-electron chi connectivity index (χ0n) is 61.6. The topological polar surface area (TPSA) is 95.9 Å². The average Bonchev–Trinajstić information content (AvgIpc) is 3.73. The summed E-state index contributed by atoms with van der Waals surface area (Å²) < 4.78 is 5.50. The number of rotatable bonds is 78. The van der Waals surface area contributed by atoms with E-state index in [1.54, 1.807) is 6.08 Å². The summed E-state index contributed by atoms with van der Waals surface area (Å²) in [5, 5.41) is 23.3. The Morgan fingerprint density at radius 3 is 0.846 bits per heavy atom. The van der Waals surface area contributed by atoms with E-state index < -0.39 is 12.1 Å². The quantitative estimate of drug-likeness (QED) is 0.0320. The second kappa shape index (κ2) is 80.3. The molecule has 0 radical (unpaired) electrons. The summed E-state index contributed by atoms with van der Waals surface area (Å²) >= 11 is 0. The number of esters is 1. The Bertz CT molecular complexity index is 1520. The summed E-state index contributed by atoms with van der Waals surface area (Å²) in [6.07, 6.45) is 107. The van der Waals surface area contributed by atoms with E-state index in [1.165, 1.54) is 379 Å². The van der Waals surface area contributed by atoms with Gasteiger partial charge >= 0.3 is 5.97 Å². The highest BCUT2D eigenvalue weighted by Crippen LogP contribution is 2.20. The van der Waals surface area contributed by atoms with Gasteiger partial charge in [-0.05, 0) is 89.9 Å². The molecule has 0 fully saturated rings. The molecule has 91 heavy (non-hydrogen) atoms. The van der Waals surface area contributed by atoms with Crippen molar-refractivity contribution in [1.82, 2.24) is 5.32 Å². The van der Waals surface area contributed by atoms with Crippen molar-refractivity contribution in [3.8, 4) is 0 Å². The van der Waals surface area contributed by atoms with Crippen LogP contribution in [0.2, 0.25) is 0 Å². The third-order valence-corrected chi connectivity index (χ3v) is 19.3. The van der Waals surface area contributed by atoms with Crippen LogP contribution in [0, 0.1) is 0 Å². The molecule has 2 unspecified atom stereocenters. The Kier molecular flexibility index (Phi) is 78.3. The third kappa shape index (κ3) is 76.7. The van der Waals surface area contributed by atoms with Crippen molar-refractivity contribution < 1.29 is 24.5 Å². The molecule has 3 N–H and O–H groups in total. The van der Waals surface area contributed by atoms with Crippen LogP contribution in [0.15, 0.2) is 48.6 Å². The second-order valence-corrected chi connectivity index (χ2v) is 28.4. The molecule has 0 aromatic rings. The van der Waals surface area contributed by atoms with E-state index in [1.807, 2.05) is 6.08 Å². The lowest BCUT2D eigenvalue weighted by molar-refractivity contribution is -0.143. The average molecular weight is 1280 g/mol. The van der Waals surface area contributed by atoms with Crippen molar-refractivity contribution in [3.05, 3.63) is 48.6 Å². The van der Waals surface area contributed by atoms with Gasteiger partial charge in [0.05, 0.1) is 25.4 Å². The van der Waals surface area contributed by atoms with E-state index >= 15 is 0 Å². The van der Waals surface area contributed by atoms with Crippen LogP contribution in [0.25, 0.3) is 0 Å². The lowest BCUT2D eigenvalue weighted by atomic mass is 10.0. The molecule has 0 spiro atoms. The first kappa shape index (κ1) is 88.8. The van der Waals surface area contributed by atoms with E-state index in [-0.39, 0.29) is 18.5 Å². The van der Waals surface area contributed by atoms with Crippen molar-refractivity contribution in [3.63, 3.8) is 0 Å². The van der Waals surface area contributed by atoms with Crippen molar-refractivity contribution in [2.75, 3.05) is 13.2 Å². The predicted octanol–water partition coefficient (Wildman–Crippen LogP) is 27.5. The van der Waals surface area contributed by atoms with E-state index in [0.29, 0.717) is 19.4 Å². The van der Waals surface area contributed by atoms with Crippen LogP contribution in [0.4, 0.5) is 0 Å². The van der Waals surface area contributed by atoms with Gasteiger partial charge in [-0.1, -0.05) is 403 Å². The molecule has 536 valence electrons. The van der Waals surface area contributed by atoms with Gasteiger partial charge in [0, 0.05) is 12.8 Å². The molecule has 2 atom stereocenters. The predicted molar refractivity (Wildman–Crippen MR) is 402 cm³/mol. The number of aliphatic hydroxyl groups is 2. The summed E-state index contributed by atoms with van der Waals surface area (Å²) in [6, 6.07) is -0.629. The maximum Gasteiger partial charge on any atom is 0.305 e. The van der Waals surface area contributed by atoms with Gasteiger partial charge in [-0.2, -0.15) is 0 Å². The maximum atomic E-state index is 12.6. The normalized spacial score (nSPS) is 12.7. The molecule has 0 saturated carbocycles. The molecule has 0 aliphatic heterocycles. The van der Waals surface area contributed by atoms with E-state index in [0.717, 1.165) is 51.4 Å². The number of aliphatic hydroxyl groups excluding tert-OH is 2. The van der Waals surface area contributed by atoms with Gasteiger partial charge in [0.25, 0.3) is 0 Å². The van der Waals surface area contributed by atoms with Gasteiger partial charge in [0.2, 0.25) is 5.91 Å². The highest BCUT2D eigenvalue weighted by Gasteiger charge is 2.18. The highest BCUT2D eigenvalue weighted by molar-refractivity contribution is 5.76. The first-order valence-electron chi connectivity index (χ1n) is 41.4. The number of nitrogens with one attached hydrogen (secondary N) is 1. The number of amides is 1. The van der Waals surface area contributed by atoms with Crippen LogP contribution in [0.3, 0.4) is 0 Å². The second-order valence-electron chi connectivity index (χ2n) is 28.4. The summed E-state index contributed by atoms with van der Waals surface area (Å²) in [7, 11) is 0. The first-order chi connectivity index (χ1) is 45.0. The van der Waals surface area contributed by atoms with Gasteiger partial charge < -0.3 is 20.3 Å². The molecule has 0 heterocycles. The van der Waals surface area contributed by atoms with Crippen LogP contribution in [-0.2, 0) is 14.3 Å². The molecule has 0 saturated heterocycles. The molecule has 1 amide bonds. The van der Waals surface area contributed by atoms with Gasteiger partial charge in [0.15, 0.2) is 0 Å². The fourth-order valence-corrected chi connectivity index (χ4v) is 13.0. The zero-order valence-corrected chi connectivity index (χ0v) is 61.6. The Labute approximate surface area is 569 Å². The molecular formula is C85H161NO5. The maximum absolute atomic E-state index is 12.6. The SMILES string of the molecule is CCCCCCCC/C=C\CCCCCCCCCC(=O)OCCCCCCCCCCC/C=C\C/C=C\CCCCCCCCCCCCCCCCCCCC(=O)NC(CO)C(O)/C=C/CCCCCCCCCCCCCCCCCCCCCCCC. The largest absolute Gasteiger partial charge is 0.466 e. The molecule has 0 rings (SSSR count). The number of unbranched alkanes of at least 4 members (excludes halogenated alkanes) is 61. The molecule has 0 aliphatic rings. The molecule has 0 bridgehead atoms. The summed E-state index contributed by atoms with van der Waals surface area (Å²) in [4.78, 5) is 24.7. The summed E-state index contributed by atoms with van der Waals surface area (Å²) in [6.45, 7) is 4.94. The standard InChI is InChI=1S/C85H161NO5/c1-3-5-7-9-11-13-15-17-19-21-22-23-24-36-39-42-46-49-53-57-61-65-69-73-77-83(88)82(81-87)86-84(89)78-74-70-66-62-58-54-50-47-43-40-37-34-32-30-28-26-25-27-29-31-33-35-38-41-44-48-52-56-60-64-68-72-76-80-91-85(90)79-75-71-67-63-59-55-51-45-20-18-16-14-12-10-8-6-4-2/h18,20,29,31,35,38,73,77,82-83,87-88H,3-17,19,21-28,30,32-34,36-37,39-72,74-76,78-81H2,1-2H3,(H,86,89)/b20-18-,31-29-,38-35-,77-73+. The summed E-state index contributed by atoms with van der Waals surface area (Å²) in [5.74, 6) is -0.0500. The number of ether oxygens (including phenoxy) is 1. The highest BCUT2D eigenvalue weighted by atomic mass is 16.5. The Morgan fingerprint density at radius 1 is 0.308 bits per heavy atom. The Balaban J connectivity index is 3.40. The number of hydrogen-bond acceptors (Lipinski definition) is 5. The lowest BCUT2D eigenvalue weighted by Gasteiger charge is -2.20. The van der Waals surface area contributed by atoms with Gasteiger partial charge in [0.1, 0.15) is 0 Å². The van der Waals surface area contributed by atoms with Crippen LogP contribution in [0.1, 0.15) is 457 Å². The third-order valence-electron chi connectivity index (χ3n) is 19.3. The first-order valence-corrected chi connectivity index (χ1v) is 41.4. The van der Waals surface area contributed by atoms with Crippen molar-refractivity contribution in [2.24, 2.45) is 0 Å². The number of allylic oxidation sites excluding steroid dienone is 7. The van der Waals surface area contributed by atoms with Crippen molar-refractivity contribution in [2.45, 2.75) is 469 Å². The van der Waals surface area contributed by atoms with E-state index in [2.05, 4.69) is 55.6 Å². The Morgan fingerprint density at radius 2 is 0.549 bits per heavy atom. The monoisotopic (exact) mass is 1280 g/mol. The number of carbonyl (C=O) groups excluding carboxylic acids is 2. The van der Waals surface area contributed by atoms with Crippen LogP contribution < -0.4 is 5.32 Å². The van der Waals surface area contributed by atoms with Crippen LogP contribution >= 0.6 is 0 Å². The number of hydrogen-bond donors (Lipinski definition) is 3. The van der Waals surface area contributed by atoms with Crippen LogP contribution in [0.5, 0.6) is 0 Å². The molecular weight excluding hydrogens is 1110 g/mol. The lowest BCUT2D eigenvalue weighted by Crippen LogP contribution is -2.45. The zero-order chi connectivity index (χ0) is 65.6. The van der Waals surface area contributed by atoms with E-state index in [4.69, 9.17) is 4.74 Å². The minimum absolute atomic E-state index is 0.0113. The van der Waals surface area contributed by atoms with Gasteiger partial charge in [-0.3, -0.25) is 9.59 Å². The fourth-order valence-electron chi connectivity index (χ4n) is 13.0.